The van der Waals surface area contributed by atoms with Gasteiger partial charge in [0.15, 0.2) is 0 Å². The molecule has 7 heteroatoms. The Bertz CT molecular complexity index is 569. The van der Waals surface area contributed by atoms with Crippen molar-refractivity contribution < 1.29 is 14.3 Å². The van der Waals surface area contributed by atoms with Crippen LogP contribution in [0.25, 0.3) is 0 Å². The van der Waals surface area contributed by atoms with Crippen LogP contribution in [0, 0.1) is 5.92 Å². The molecular formula is C16H22N4O3. The summed E-state index contributed by atoms with van der Waals surface area (Å²) in [6, 6.07) is 0.238. The number of ether oxygens (including phenoxy) is 1. The minimum absolute atomic E-state index is 0.0787. The van der Waals surface area contributed by atoms with Crippen molar-refractivity contribution in [2.45, 2.75) is 25.7 Å². The molecule has 0 bridgehead atoms. The number of piperidine rings is 1. The molecular weight excluding hydrogens is 296 g/mol. The van der Waals surface area contributed by atoms with E-state index >= 15 is 0 Å². The predicted octanol–water partition coefficient (Wildman–Crippen LogP) is 0.960. The fraction of sp³-hybridized carbons (Fsp3) is 0.625. The monoisotopic (exact) mass is 318 g/mol. The molecule has 0 radical (unpaired) electrons. The van der Waals surface area contributed by atoms with Gasteiger partial charge in [0.25, 0.3) is 5.91 Å². The molecule has 0 spiro atoms. The Hall–Kier alpha value is -2.18. The topological polar surface area (TPSA) is 75.6 Å². The van der Waals surface area contributed by atoms with Gasteiger partial charge in [-0.3, -0.25) is 9.59 Å². The maximum absolute atomic E-state index is 12.6. The third-order valence-electron chi connectivity index (χ3n) is 4.53. The Morgan fingerprint density at radius 3 is 2.39 bits per heavy atom. The second-order valence-electron chi connectivity index (χ2n) is 6.08. The lowest BCUT2D eigenvalue weighted by Crippen LogP contribution is -2.46. The van der Waals surface area contributed by atoms with Crippen molar-refractivity contribution in [1.29, 1.82) is 0 Å². The molecule has 0 aromatic carbocycles. The lowest BCUT2D eigenvalue weighted by atomic mass is 9.96. The van der Waals surface area contributed by atoms with Gasteiger partial charge in [0, 0.05) is 38.6 Å². The van der Waals surface area contributed by atoms with E-state index in [-0.39, 0.29) is 23.7 Å². The largest absolute Gasteiger partial charge is 0.467 e. The number of hydrogen-bond acceptors (Lipinski definition) is 5. The first-order valence-corrected chi connectivity index (χ1v) is 8.13. The number of methoxy groups -OCH3 is 1. The summed E-state index contributed by atoms with van der Waals surface area (Å²) in [5, 5.41) is 0. The molecule has 0 unspecified atom stereocenters. The summed E-state index contributed by atoms with van der Waals surface area (Å²) in [4.78, 5) is 36.7. The van der Waals surface area contributed by atoms with E-state index in [4.69, 9.17) is 4.74 Å². The predicted molar refractivity (Wildman–Crippen MR) is 83.0 cm³/mol. The van der Waals surface area contributed by atoms with Gasteiger partial charge in [-0.15, -0.1) is 0 Å². The van der Waals surface area contributed by atoms with E-state index in [0.717, 1.165) is 38.8 Å². The van der Waals surface area contributed by atoms with Crippen LogP contribution in [0.5, 0.6) is 6.01 Å². The quantitative estimate of drug-likeness (QED) is 0.830. The van der Waals surface area contributed by atoms with E-state index in [9.17, 15) is 9.59 Å². The first kappa shape index (κ1) is 15.7. The SMILES string of the molecule is COc1ncc(C(=O)N2CCC[C@@H](C(=O)N3CCCC3)C2)cn1. The second kappa shape index (κ2) is 6.93. The lowest BCUT2D eigenvalue weighted by Gasteiger charge is -2.33. The zero-order valence-corrected chi connectivity index (χ0v) is 13.4. The number of likely N-dealkylation sites (tertiary alicyclic amines) is 2. The van der Waals surface area contributed by atoms with Gasteiger partial charge in [-0.25, -0.2) is 9.97 Å². The van der Waals surface area contributed by atoms with E-state index < -0.39 is 0 Å². The highest BCUT2D eigenvalue weighted by Gasteiger charge is 2.32. The average molecular weight is 318 g/mol. The van der Waals surface area contributed by atoms with E-state index in [2.05, 4.69) is 9.97 Å². The first-order valence-electron chi connectivity index (χ1n) is 8.13. The molecule has 2 fully saturated rings. The van der Waals surface area contributed by atoms with Gasteiger partial charge >= 0.3 is 6.01 Å². The maximum atomic E-state index is 12.6. The van der Waals surface area contributed by atoms with Crippen LogP contribution in [0.15, 0.2) is 12.4 Å². The molecule has 0 aliphatic carbocycles. The Balaban J connectivity index is 1.64. The fourth-order valence-electron chi connectivity index (χ4n) is 3.27. The van der Waals surface area contributed by atoms with Gasteiger partial charge in [-0.05, 0) is 25.7 Å². The van der Waals surface area contributed by atoms with Gasteiger partial charge < -0.3 is 14.5 Å². The van der Waals surface area contributed by atoms with Crippen LogP contribution >= 0.6 is 0 Å². The number of amides is 2. The maximum Gasteiger partial charge on any atom is 0.316 e. The van der Waals surface area contributed by atoms with E-state index in [1.165, 1.54) is 19.5 Å². The Morgan fingerprint density at radius 2 is 1.74 bits per heavy atom. The van der Waals surface area contributed by atoms with Crippen molar-refractivity contribution in [1.82, 2.24) is 19.8 Å². The summed E-state index contributed by atoms with van der Waals surface area (Å²) in [5.74, 6) is 0.00234. The highest BCUT2D eigenvalue weighted by molar-refractivity contribution is 5.94. The van der Waals surface area contributed by atoms with Crippen molar-refractivity contribution in [2.75, 3.05) is 33.3 Å². The summed E-state index contributed by atoms with van der Waals surface area (Å²) in [6.45, 7) is 2.88. The number of carbonyl (C=O) groups is 2. The number of hydrogen-bond donors (Lipinski definition) is 0. The fourth-order valence-corrected chi connectivity index (χ4v) is 3.27. The van der Waals surface area contributed by atoms with Gasteiger partial charge in [-0.2, -0.15) is 0 Å². The average Bonchev–Trinajstić information content (AvgIpc) is 3.15. The highest BCUT2D eigenvalue weighted by atomic mass is 16.5. The standard InChI is InChI=1S/C16H22N4O3/c1-23-16-17-9-13(10-18-16)15(22)20-8-4-5-12(11-20)14(21)19-6-2-3-7-19/h9-10,12H,2-8,11H2,1H3/t12-/m1/s1. The summed E-state index contributed by atoms with van der Waals surface area (Å²) >= 11 is 0. The lowest BCUT2D eigenvalue weighted by molar-refractivity contribution is -0.135. The van der Waals surface area contributed by atoms with Gasteiger partial charge in [-0.1, -0.05) is 0 Å². The van der Waals surface area contributed by atoms with Crippen molar-refractivity contribution in [3.05, 3.63) is 18.0 Å². The van der Waals surface area contributed by atoms with Crippen LogP contribution in [0.1, 0.15) is 36.0 Å². The van der Waals surface area contributed by atoms with Crippen molar-refractivity contribution in [3.63, 3.8) is 0 Å². The Labute approximate surface area is 135 Å². The highest BCUT2D eigenvalue weighted by Crippen LogP contribution is 2.22. The molecule has 1 aromatic heterocycles. The van der Waals surface area contributed by atoms with Crippen LogP contribution in [-0.2, 0) is 4.79 Å². The number of carbonyl (C=O) groups excluding carboxylic acids is 2. The number of aromatic nitrogens is 2. The van der Waals surface area contributed by atoms with E-state index in [1.54, 1.807) is 4.90 Å². The number of nitrogens with zero attached hydrogens (tertiary/aromatic N) is 4. The third-order valence-corrected chi connectivity index (χ3v) is 4.53. The summed E-state index contributed by atoms with van der Waals surface area (Å²) in [5.41, 5.74) is 0.431. The van der Waals surface area contributed by atoms with Crippen LogP contribution in [-0.4, -0.2) is 64.9 Å². The molecule has 2 amide bonds. The first-order chi connectivity index (χ1) is 11.2. The molecule has 2 aliphatic heterocycles. The molecule has 3 heterocycles. The van der Waals surface area contributed by atoms with Crippen LogP contribution in [0.2, 0.25) is 0 Å². The molecule has 124 valence electrons. The smallest absolute Gasteiger partial charge is 0.316 e. The molecule has 0 saturated carbocycles. The van der Waals surface area contributed by atoms with E-state index in [0.29, 0.717) is 18.7 Å². The molecule has 2 saturated heterocycles. The summed E-state index contributed by atoms with van der Waals surface area (Å²) < 4.78 is 4.90. The van der Waals surface area contributed by atoms with Gasteiger partial charge in [0.1, 0.15) is 0 Å². The summed E-state index contributed by atoms with van der Waals surface area (Å²) in [7, 11) is 1.48. The normalized spacial score (nSPS) is 21.3. The van der Waals surface area contributed by atoms with Crippen molar-refractivity contribution >= 4 is 11.8 Å². The van der Waals surface area contributed by atoms with Gasteiger partial charge in [0.05, 0.1) is 18.6 Å². The number of rotatable bonds is 3. The van der Waals surface area contributed by atoms with Crippen LogP contribution in [0.3, 0.4) is 0 Å². The molecule has 23 heavy (non-hydrogen) atoms. The second-order valence-corrected chi connectivity index (χ2v) is 6.08. The molecule has 2 aliphatic rings. The van der Waals surface area contributed by atoms with Crippen molar-refractivity contribution in [3.8, 4) is 6.01 Å². The zero-order chi connectivity index (χ0) is 16.2. The Kier molecular flexibility index (Phi) is 4.73. The zero-order valence-electron chi connectivity index (χ0n) is 13.4. The van der Waals surface area contributed by atoms with Crippen LogP contribution < -0.4 is 4.74 Å². The van der Waals surface area contributed by atoms with Gasteiger partial charge in [0.2, 0.25) is 5.91 Å². The minimum atomic E-state index is -0.119. The minimum Gasteiger partial charge on any atom is -0.467 e. The molecule has 0 N–H and O–H groups in total. The third kappa shape index (κ3) is 3.43. The van der Waals surface area contributed by atoms with E-state index in [1.807, 2.05) is 4.90 Å². The molecule has 7 nitrogen and oxygen atoms in total. The molecule has 1 aromatic rings. The molecule has 3 rings (SSSR count). The van der Waals surface area contributed by atoms with Crippen molar-refractivity contribution in [2.24, 2.45) is 5.92 Å². The summed E-state index contributed by atoms with van der Waals surface area (Å²) in [6.07, 6.45) is 6.83. The van der Waals surface area contributed by atoms with Crippen LogP contribution in [0.4, 0.5) is 0 Å². The molecule has 1 atom stereocenters. The Morgan fingerprint density at radius 1 is 1.09 bits per heavy atom.